The monoisotopic (exact) mass is 226 g/mol. The molecule has 1 heterocycles. The SMILES string of the molecule is COC1CCCCC1NC1CCN(C)C1=O. The van der Waals surface area contributed by atoms with Crippen molar-refractivity contribution < 1.29 is 9.53 Å². The fourth-order valence-electron chi connectivity index (χ4n) is 2.81. The van der Waals surface area contributed by atoms with Crippen LogP contribution in [0.1, 0.15) is 32.1 Å². The molecular formula is C12H22N2O2. The molecule has 3 atom stereocenters. The van der Waals surface area contributed by atoms with E-state index < -0.39 is 0 Å². The van der Waals surface area contributed by atoms with E-state index in [1.165, 1.54) is 12.8 Å². The van der Waals surface area contributed by atoms with Crippen LogP contribution in [0.2, 0.25) is 0 Å². The molecule has 16 heavy (non-hydrogen) atoms. The first-order valence-electron chi connectivity index (χ1n) is 6.26. The number of hydrogen-bond acceptors (Lipinski definition) is 3. The Bertz CT molecular complexity index is 257. The molecule has 2 fully saturated rings. The number of rotatable bonds is 3. The van der Waals surface area contributed by atoms with Crippen LogP contribution in [0, 0.1) is 0 Å². The Hall–Kier alpha value is -0.610. The third kappa shape index (κ3) is 2.38. The normalized spacial score (nSPS) is 35.8. The number of hydrogen-bond donors (Lipinski definition) is 1. The minimum absolute atomic E-state index is 0.0192. The summed E-state index contributed by atoms with van der Waals surface area (Å²) >= 11 is 0. The van der Waals surface area contributed by atoms with E-state index in [1.54, 1.807) is 7.11 Å². The van der Waals surface area contributed by atoms with Gasteiger partial charge >= 0.3 is 0 Å². The van der Waals surface area contributed by atoms with E-state index in [0.717, 1.165) is 25.8 Å². The zero-order valence-corrected chi connectivity index (χ0v) is 10.2. The van der Waals surface area contributed by atoms with Gasteiger partial charge in [-0.25, -0.2) is 0 Å². The van der Waals surface area contributed by atoms with Gasteiger partial charge in [0.1, 0.15) is 0 Å². The third-order valence-electron chi connectivity index (χ3n) is 3.85. The maximum Gasteiger partial charge on any atom is 0.239 e. The average molecular weight is 226 g/mol. The van der Waals surface area contributed by atoms with Gasteiger partial charge in [0.2, 0.25) is 5.91 Å². The van der Waals surface area contributed by atoms with Crippen molar-refractivity contribution in [2.45, 2.75) is 50.3 Å². The molecule has 0 aromatic heterocycles. The van der Waals surface area contributed by atoms with Crippen molar-refractivity contribution in [1.29, 1.82) is 0 Å². The molecule has 1 aliphatic carbocycles. The number of methoxy groups -OCH3 is 1. The van der Waals surface area contributed by atoms with Gasteiger partial charge in [-0.2, -0.15) is 0 Å². The van der Waals surface area contributed by atoms with Gasteiger partial charge in [-0.05, 0) is 19.3 Å². The Kier molecular flexibility index (Phi) is 3.82. The number of carbonyl (C=O) groups is 1. The number of amides is 1. The number of nitrogens with one attached hydrogen (secondary N) is 1. The topological polar surface area (TPSA) is 41.6 Å². The molecule has 1 amide bonds. The van der Waals surface area contributed by atoms with Gasteiger partial charge in [0.05, 0.1) is 12.1 Å². The second-order valence-corrected chi connectivity index (χ2v) is 4.93. The van der Waals surface area contributed by atoms with E-state index in [0.29, 0.717) is 6.04 Å². The van der Waals surface area contributed by atoms with Crippen molar-refractivity contribution in [2.24, 2.45) is 0 Å². The van der Waals surface area contributed by atoms with Crippen LogP contribution in [0.5, 0.6) is 0 Å². The van der Waals surface area contributed by atoms with Gasteiger partial charge in [-0.15, -0.1) is 0 Å². The van der Waals surface area contributed by atoms with Crippen LogP contribution in [-0.2, 0) is 9.53 Å². The lowest BCUT2D eigenvalue weighted by atomic mass is 9.91. The van der Waals surface area contributed by atoms with Crippen molar-refractivity contribution in [3.05, 3.63) is 0 Å². The Morgan fingerprint density at radius 3 is 2.69 bits per heavy atom. The molecule has 3 unspecified atom stereocenters. The summed E-state index contributed by atoms with van der Waals surface area (Å²) < 4.78 is 5.49. The summed E-state index contributed by atoms with van der Waals surface area (Å²) in [5.74, 6) is 0.237. The summed E-state index contributed by atoms with van der Waals surface area (Å²) in [6.45, 7) is 0.876. The lowest BCUT2D eigenvalue weighted by Crippen LogP contribution is -2.50. The molecule has 0 radical (unpaired) electrons. The van der Waals surface area contributed by atoms with Gasteiger partial charge in [0, 0.05) is 26.7 Å². The molecule has 0 aromatic carbocycles. The quantitative estimate of drug-likeness (QED) is 0.772. The number of likely N-dealkylation sites (N-methyl/N-ethyl adjacent to an activating group) is 1. The predicted molar refractivity (Wildman–Crippen MR) is 62.2 cm³/mol. The molecule has 1 saturated carbocycles. The van der Waals surface area contributed by atoms with Crippen molar-refractivity contribution in [2.75, 3.05) is 20.7 Å². The van der Waals surface area contributed by atoms with Crippen molar-refractivity contribution in [1.82, 2.24) is 10.2 Å². The molecule has 0 bridgehead atoms. The zero-order chi connectivity index (χ0) is 11.5. The molecule has 2 aliphatic rings. The molecule has 0 aromatic rings. The first-order chi connectivity index (χ1) is 7.72. The number of carbonyl (C=O) groups excluding carboxylic acids is 1. The van der Waals surface area contributed by atoms with Crippen molar-refractivity contribution in [3.8, 4) is 0 Å². The Labute approximate surface area is 97.3 Å². The molecule has 2 rings (SSSR count). The summed E-state index contributed by atoms with van der Waals surface area (Å²) in [7, 11) is 3.64. The van der Waals surface area contributed by atoms with Gasteiger partial charge in [0.25, 0.3) is 0 Å². The second-order valence-electron chi connectivity index (χ2n) is 4.93. The molecule has 1 N–H and O–H groups in total. The highest BCUT2D eigenvalue weighted by atomic mass is 16.5. The Balaban J connectivity index is 1.90. The van der Waals surface area contributed by atoms with Crippen LogP contribution in [-0.4, -0.2) is 49.7 Å². The predicted octanol–water partition coefficient (Wildman–Crippen LogP) is 0.764. The molecule has 4 nitrogen and oxygen atoms in total. The average Bonchev–Trinajstić information content (AvgIpc) is 2.62. The standard InChI is InChI=1S/C12H22N2O2/c1-14-8-7-10(12(14)15)13-9-5-3-4-6-11(9)16-2/h9-11,13H,3-8H2,1-2H3. The van der Waals surface area contributed by atoms with Crippen LogP contribution >= 0.6 is 0 Å². The Morgan fingerprint density at radius 1 is 1.31 bits per heavy atom. The van der Waals surface area contributed by atoms with Gasteiger partial charge in [0.15, 0.2) is 0 Å². The highest BCUT2D eigenvalue weighted by Gasteiger charge is 2.33. The molecule has 4 heteroatoms. The Morgan fingerprint density at radius 2 is 2.06 bits per heavy atom. The second kappa shape index (κ2) is 5.15. The minimum Gasteiger partial charge on any atom is -0.380 e. The molecule has 1 aliphatic heterocycles. The summed E-state index contributed by atoms with van der Waals surface area (Å²) in [4.78, 5) is 13.6. The maximum absolute atomic E-state index is 11.8. The van der Waals surface area contributed by atoms with E-state index in [2.05, 4.69) is 5.32 Å². The van der Waals surface area contributed by atoms with E-state index in [9.17, 15) is 4.79 Å². The molecule has 1 saturated heterocycles. The van der Waals surface area contributed by atoms with Crippen LogP contribution < -0.4 is 5.32 Å². The minimum atomic E-state index is 0.0192. The summed E-state index contributed by atoms with van der Waals surface area (Å²) in [6, 6.07) is 0.380. The lowest BCUT2D eigenvalue weighted by Gasteiger charge is -2.32. The lowest BCUT2D eigenvalue weighted by molar-refractivity contribution is -0.128. The highest BCUT2D eigenvalue weighted by molar-refractivity contribution is 5.83. The molecule has 92 valence electrons. The van der Waals surface area contributed by atoms with E-state index in [4.69, 9.17) is 4.74 Å². The van der Waals surface area contributed by atoms with E-state index >= 15 is 0 Å². The van der Waals surface area contributed by atoms with Crippen LogP contribution in [0.4, 0.5) is 0 Å². The third-order valence-corrected chi connectivity index (χ3v) is 3.85. The van der Waals surface area contributed by atoms with Crippen molar-refractivity contribution >= 4 is 5.91 Å². The first-order valence-corrected chi connectivity index (χ1v) is 6.26. The van der Waals surface area contributed by atoms with Gasteiger partial charge < -0.3 is 15.0 Å². The zero-order valence-electron chi connectivity index (χ0n) is 10.2. The largest absolute Gasteiger partial charge is 0.380 e. The number of nitrogens with zero attached hydrogens (tertiary/aromatic N) is 1. The highest BCUT2D eigenvalue weighted by Crippen LogP contribution is 2.22. The van der Waals surface area contributed by atoms with Crippen LogP contribution in [0.3, 0.4) is 0 Å². The van der Waals surface area contributed by atoms with Crippen LogP contribution in [0.25, 0.3) is 0 Å². The summed E-state index contributed by atoms with van der Waals surface area (Å²) in [5.41, 5.74) is 0. The van der Waals surface area contributed by atoms with Gasteiger partial charge in [-0.3, -0.25) is 4.79 Å². The smallest absolute Gasteiger partial charge is 0.239 e. The fraction of sp³-hybridized carbons (Fsp3) is 0.917. The van der Waals surface area contributed by atoms with Gasteiger partial charge in [-0.1, -0.05) is 12.8 Å². The number of likely N-dealkylation sites (tertiary alicyclic amines) is 1. The molecule has 0 spiro atoms. The van der Waals surface area contributed by atoms with E-state index in [1.807, 2.05) is 11.9 Å². The van der Waals surface area contributed by atoms with Crippen molar-refractivity contribution in [3.63, 3.8) is 0 Å². The first kappa shape index (κ1) is 11.9. The summed E-state index contributed by atoms with van der Waals surface area (Å²) in [5, 5.41) is 3.48. The van der Waals surface area contributed by atoms with Crippen LogP contribution in [0.15, 0.2) is 0 Å². The maximum atomic E-state index is 11.8. The van der Waals surface area contributed by atoms with E-state index in [-0.39, 0.29) is 18.1 Å². The fourth-order valence-corrected chi connectivity index (χ4v) is 2.81. The molecular weight excluding hydrogens is 204 g/mol. The number of ether oxygens (including phenoxy) is 1. The summed E-state index contributed by atoms with van der Waals surface area (Å²) in [6.07, 6.45) is 5.95.